The molecule has 0 saturated heterocycles. The Morgan fingerprint density at radius 1 is 0.966 bits per heavy atom. The molecule has 0 aliphatic rings. The molecule has 0 aliphatic heterocycles. The lowest BCUT2D eigenvalue weighted by Crippen LogP contribution is -2.14. The van der Waals surface area contributed by atoms with E-state index in [0.29, 0.717) is 11.4 Å². The Morgan fingerprint density at radius 2 is 1.83 bits per heavy atom. The van der Waals surface area contributed by atoms with Crippen LogP contribution in [0.4, 0.5) is 5.69 Å². The van der Waals surface area contributed by atoms with Crippen molar-refractivity contribution in [2.24, 2.45) is 0 Å². The van der Waals surface area contributed by atoms with Crippen molar-refractivity contribution in [1.29, 1.82) is 0 Å². The lowest BCUT2D eigenvalue weighted by atomic mass is 10.2. The van der Waals surface area contributed by atoms with Crippen LogP contribution in [-0.4, -0.2) is 20.7 Å². The number of pyridine rings is 1. The molecule has 29 heavy (non-hydrogen) atoms. The lowest BCUT2D eigenvalue weighted by molar-refractivity contribution is -0.115. The van der Waals surface area contributed by atoms with Crippen LogP contribution < -0.4 is 5.32 Å². The van der Waals surface area contributed by atoms with Gasteiger partial charge in [-0.05, 0) is 53.9 Å². The number of hydrogen-bond acceptors (Lipinski definition) is 3. The van der Waals surface area contributed by atoms with Crippen LogP contribution >= 0.6 is 0 Å². The zero-order chi connectivity index (χ0) is 19.9. The number of amides is 1. The second-order valence-corrected chi connectivity index (χ2v) is 6.40. The van der Waals surface area contributed by atoms with Gasteiger partial charge in [0.2, 0.25) is 5.91 Å². The minimum absolute atomic E-state index is 0.104. The molecule has 0 fully saturated rings. The molecule has 1 N–H and O–H groups in total. The van der Waals surface area contributed by atoms with Crippen molar-refractivity contribution in [3.05, 3.63) is 108 Å². The number of carbonyl (C=O) groups is 1. The summed E-state index contributed by atoms with van der Waals surface area (Å²) in [5.41, 5.74) is 4.02. The maximum Gasteiger partial charge on any atom is 0.228 e. The molecule has 140 valence electrons. The molecular weight excluding hydrogens is 360 g/mol. The molecule has 0 atom stereocenters. The van der Waals surface area contributed by atoms with Gasteiger partial charge >= 0.3 is 0 Å². The summed E-state index contributed by atoms with van der Waals surface area (Å²) in [6, 6.07) is 22.9. The summed E-state index contributed by atoms with van der Waals surface area (Å²) < 4.78 is 1.76. The molecule has 2 aromatic carbocycles. The van der Waals surface area contributed by atoms with E-state index in [1.165, 1.54) is 0 Å². The van der Waals surface area contributed by atoms with Gasteiger partial charge in [-0.25, -0.2) is 9.67 Å². The number of carbonyl (C=O) groups excluding carboxylic acids is 1. The van der Waals surface area contributed by atoms with Gasteiger partial charge in [0.25, 0.3) is 0 Å². The molecule has 4 aromatic rings. The minimum atomic E-state index is -0.104. The average molecular weight is 378 g/mol. The van der Waals surface area contributed by atoms with Crippen LogP contribution in [0.2, 0.25) is 0 Å². The highest BCUT2D eigenvalue weighted by Gasteiger charge is 2.07. The summed E-state index contributed by atoms with van der Waals surface area (Å²) in [6.45, 7) is 0. The van der Waals surface area contributed by atoms with E-state index >= 15 is 0 Å². The largest absolute Gasteiger partial charge is 0.326 e. The molecule has 5 nitrogen and oxygen atoms in total. The van der Waals surface area contributed by atoms with Gasteiger partial charge in [-0.15, -0.1) is 0 Å². The van der Waals surface area contributed by atoms with Crippen LogP contribution in [0.5, 0.6) is 0 Å². The van der Waals surface area contributed by atoms with E-state index in [1.54, 1.807) is 17.1 Å². The standard InChI is InChI=1S/C24H18N4O/c29-24(16-20-17-26-28(18-20)23-10-2-1-3-11-23)27-22-9-6-7-19(15-22)12-13-21-8-4-5-14-25-21/h1-11,14-15,17-18H,16H2,(H,27,29). The molecule has 5 heteroatoms. The number of aromatic nitrogens is 3. The van der Waals surface area contributed by atoms with E-state index in [1.807, 2.05) is 79.0 Å². The summed E-state index contributed by atoms with van der Waals surface area (Å²) in [7, 11) is 0. The van der Waals surface area contributed by atoms with Crippen molar-refractivity contribution in [2.75, 3.05) is 5.32 Å². The van der Waals surface area contributed by atoms with Crippen molar-refractivity contribution in [1.82, 2.24) is 14.8 Å². The van der Waals surface area contributed by atoms with E-state index in [4.69, 9.17) is 0 Å². The zero-order valence-electron chi connectivity index (χ0n) is 15.6. The van der Waals surface area contributed by atoms with Gasteiger partial charge in [-0.1, -0.05) is 36.3 Å². The van der Waals surface area contributed by atoms with Crippen LogP contribution in [-0.2, 0) is 11.2 Å². The average Bonchev–Trinajstić information content (AvgIpc) is 3.22. The highest BCUT2D eigenvalue weighted by atomic mass is 16.1. The Kier molecular flexibility index (Phi) is 5.45. The molecular formula is C24H18N4O. The number of nitrogens with one attached hydrogen (secondary N) is 1. The van der Waals surface area contributed by atoms with E-state index in [2.05, 4.69) is 27.2 Å². The molecule has 0 aliphatic carbocycles. The molecule has 1 amide bonds. The molecule has 0 spiro atoms. The Hall–Kier alpha value is -4.17. The Labute approximate surface area is 169 Å². The SMILES string of the molecule is O=C(Cc1cnn(-c2ccccc2)c1)Nc1cccc(C#Cc2ccccn2)c1. The van der Waals surface area contributed by atoms with Crippen molar-refractivity contribution in [3.8, 4) is 17.5 Å². The topological polar surface area (TPSA) is 59.8 Å². The number of para-hydroxylation sites is 1. The predicted molar refractivity (Wildman–Crippen MR) is 113 cm³/mol. The molecule has 0 bridgehead atoms. The molecule has 0 unspecified atom stereocenters. The monoisotopic (exact) mass is 378 g/mol. The maximum atomic E-state index is 12.4. The minimum Gasteiger partial charge on any atom is -0.326 e. The summed E-state index contributed by atoms with van der Waals surface area (Å²) in [4.78, 5) is 16.6. The Balaban J connectivity index is 1.40. The number of hydrogen-bond donors (Lipinski definition) is 1. The highest BCUT2D eigenvalue weighted by Crippen LogP contribution is 2.12. The third-order valence-corrected chi connectivity index (χ3v) is 4.17. The summed E-state index contributed by atoms with van der Waals surface area (Å²) in [6.07, 6.45) is 5.53. The second-order valence-electron chi connectivity index (χ2n) is 6.40. The van der Waals surface area contributed by atoms with Crippen molar-refractivity contribution in [2.45, 2.75) is 6.42 Å². The quantitative estimate of drug-likeness (QED) is 0.549. The fraction of sp³-hybridized carbons (Fsp3) is 0.0417. The van der Waals surface area contributed by atoms with Crippen LogP contribution in [0, 0.1) is 11.8 Å². The Bertz CT molecular complexity index is 1170. The first kappa shape index (κ1) is 18.2. The van der Waals surface area contributed by atoms with Gasteiger partial charge in [0.15, 0.2) is 0 Å². The normalized spacial score (nSPS) is 10.1. The fourth-order valence-electron chi connectivity index (χ4n) is 2.81. The van der Waals surface area contributed by atoms with Gasteiger partial charge in [-0.2, -0.15) is 5.10 Å². The molecule has 4 rings (SSSR count). The number of nitrogens with zero attached hydrogens (tertiary/aromatic N) is 3. The smallest absolute Gasteiger partial charge is 0.228 e. The zero-order valence-corrected chi connectivity index (χ0v) is 15.6. The maximum absolute atomic E-state index is 12.4. The molecule has 2 heterocycles. The van der Waals surface area contributed by atoms with Crippen molar-refractivity contribution < 1.29 is 4.79 Å². The number of rotatable bonds is 4. The summed E-state index contributed by atoms with van der Waals surface area (Å²) in [5, 5.41) is 7.24. The first-order valence-electron chi connectivity index (χ1n) is 9.18. The third-order valence-electron chi connectivity index (χ3n) is 4.17. The van der Waals surface area contributed by atoms with Crippen molar-refractivity contribution in [3.63, 3.8) is 0 Å². The van der Waals surface area contributed by atoms with Crippen LogP contribution in [0.15, 0.2) is 91.4 Å². The van der Waals surface area contributed by atoms with Crippen LogP contribution in [0.25, 0.3) is 5.69 Å². The first-order valence-corrected chi connectivity index (χ1v) is 9.18. The van der Waals surface area contributed by atoms with E-state index in [0.717, 1.165) is 16.8 Å². The molecule has 2 aromatic heterocycles. The summed E-state index contributed by atoms with van der Waals surface area (Å²) >= 11 is 0. The predicted octanol–water partition coefficient (Wildman–Crippen LogP) is 3.85. The van der Waals surface area contributed by atoms with E-state index in [9.17, 15) is 4.79 Å². The second kappa shape index (κ2) is 8.68. The molecule has 0 saturated carbocycles. The van der Waals surface area contributed by atoms with Gasteiger partial charge < -0.3 is 5.32 Å². The third kappa shape index (κ3) is 4.96. The Morgan fingerprint density at radius 3 is 2.66 bits per heavy atom. The highest BCUT2D eigenvalue weighted by molar-refractivity contribution is 5.92. The van der Waals surface area contributed by atoms with Crippen molar-refractivity contribution >= 4 is 11.6 Å². The lowest BCUT2D eigenvalue weighted by Gasteiger charge is -2.04. The fourth-order valence-corrected chi connectivity index (χ4v) is 2.81. The van der Waals surface area contributed by atoms with Gasteiger partial charge in [-0.3, -0.25) is 4.79 Å². The number of anilines is 1. The van der Waals surface area contributed by atoms with Gasteiger partial charge in [0.1, 0.15) is 5.69 Å². The number of benzene rings is 2. The summed E-state index contributed by atoms with van der Waals surface area (Å²) in [5.74, 6) is 5.98. The van der Waals surface area contributed by atoms with Gasteiger partial charge in [0, 0.05) is 23.6 Å². The van der Waals surface area contributed by atoms with Crippen LogP contribution in [0.1, 0.15) is 16.8 Å². The molecule has 0 radical (unpaired) electrons. The van der Waals surface area contributed by atoms with E-state index in [-0.39, 0.29) is 12.3 Å². The van der Waals surface area contributed by atoms with Crippen LogP contribution in [0.3, 0.4) is 0 Å². The first-order chi connectivity index (χ1) is 14.3. The van der Waals surface area contributed by atoms with Gasteiger partial charge in [0.05, 0.1) is 18.3 Å². The van der Waals surface area contributed by atoms with E-state index < -0.39 is 0 Å².